The highest BCUT2D eigenvalue weighted by molar-refractivity contribution is 5.90. The molecular formula is C24H27NO5. The fourth-order valence-corrected chi connectivity index (χ4v) is 3.19. The van der Waals surface area contributed by atoms with Gasteiger partial charge in [-0.05, 0) is 42.7 Å². The molecule has 158 valence electrons. The van der Waals surface area contributed by atoms with Gasteiger partial charge in [-0.1, -0.05) is 43.3 Å². The van der Waals surface area contributed by atoms with Crippen LogP contribution in [-0.4, -0.2) is 37.7 Å². The molecule has 0 bridgehead atoms. The van der Waals surface area contributed by atoms with E-state index < -0.39 is 12.1 Å². The minimum absolute atomic E-state index is 0.216. The van der Waals surface area contributed by atoms with E-state index in [9.17, 15) is 9.59 Å². The third kappa shape index (κ3) is 5.86. The molecule has 1 heterocycles. The van der Waals surface area contributed by atoms with E-state index in [1.165, 1.54) is 11.6 Å². The van der Waals surface area contributed by atoms with Crippen molar-refractivity contribution in [3.05, 3.63) is 65.7 Å². The summed E-state index contributed by atoms with van der Waals surface area (Å²) in [6, 6.07) is 15.4. The van der Waals surface area contributed by atoms with Gasteiger partial charge in [0.15, 0.2) is 17.6 Å². The number of esters is 1. The first-order chi connectivity index (χ1) is 14.6. The number of hydrogen-bond acceptors (Lipinski definition) is 5. The van der Waals surface area contributed by atoms with Crippen molar-refractivity contribution in [3.63, 3.8) is 0 Å². The van der Waals surface area contributed by atoms with Crippen molar-refractivity contribution in [3.8, 4) is 11.5 Å². The average Bonchev–Trinajstić information content (AvgIpc) is 2.78. The lowest BCUT2D eigenvalue weighted by atomic mass is 9.96. The van der Waals surface area contributed by atoms with E-state index in [1.807, 2.05) is 36.4 Å². The Bertz CT molecular complexity index is 894. The van der Waals surface area contributed by atoms with Crippen LogP contribution in [0.3, 0.4) is 0 Å². The van der Waals surface area contributed by atoms with Gasteiger partial charge < -0.3 is 19.5 Å². The van der Waals surface area contributed by atoms with Crippen LogP contribution in [0.4, 0.5) is 0 Å². The van der Waals surface area contributed by atoms with Crippen molar-refractivity contribution in [1.29, 1.82) is 0 Å². The Morgan fingerprint density at radius 2 is 1.83 bits per heavy atom. The first-order valence-electron chi connectivity index (χ1n) is 10.2. The maximum absolute atomic E-state index is 12.3. The van der Waals surface area contributed by atoms with Gasteiger partial charge in [-0.25, -0.2) is 4.79 Å². The zero-order valence-electron chi connectivity index (χ0n) is 17.3. The lowest BCUT2D eigenvalue weighted by Crippen LogP contribution is -2.37. The first kappa shape index (κ1) is 21.4. The monoisotopic (exact) mass is 409 g/mol. The van der Waals surface area contributed by atoms with Gasteiger partial charge in [0.2, 0.25) is 0 Å². The third-order valence-corrected chi connectivity index (χ3v) is 4.93. The summed E-state index contributed by atoms with van der Waals surface area (Å²) in [6.45, 7) is 5.16. The molecule has 6 heteroatoms. The van der Waals surface area contributed by atoms with Gasteiger partial charge in [0.05, 0.1) is 0 Å². The summed E-state index contributed by atoms with van der Waals surface area (Å²) in [4.78, 5) is 24.4. The van der Waals surface area contributed by atoms with E-state index in [4.69, 9.17) is 14.2 Å². The van der Waals surface area contributed by atoms with Crippen LogP contribution in [0.15, 0.2) is 54.6 Å². The molecule has 0 saturated carbocycles. The SMILES string of the molecule is CC[C@@H](CNC(=O)[C@@H](C)OC(=O)/C=C/c1ccc2c(c1)OCCO2)c1ccccc1. The van der Waals surface area contributed by atoms with Crippen LogP contribution >= 0.6 is 0 Å². The first-order valence-corrected chi connectivity index (χ1v) is 10.2. The van der Waals surface area contributed by atoms with Crippen molar-refractivity contribution in [2.45, 2.75) is 32.3 Å². The van der Waals surface area contributed by atoms with Gasteiger partial charge in [0.25, 0.3) is 5.91 Å². The topological polar surface area (TPSA) is 73.9 Å². The molecule has 0 aliphatic carbocycles. The van der Waals surface area contributed by atoms with Gasteiger partial charge in [-0.2, -0.15) is 0 Å². The number of ether oxygens (including phenoxy) is 3. The van der Waals surface area contributed by atoms with Gasteiger partial charge >= 0.3 is 5.97 Å². The predicted molar refractivity (Wildman–Crippen MR) is 115 cm³/mol. The molecule has 2 aromatic rings. The zero-order chi connectivity index (χ0) is 21.3. The highest BCUT2D eigenvalue weighted by atomic mass is 16.6. The van der Waals surface area contributed by atoms with Crippen LogP contribution < -0.4 is 14.8 Å². The normalized spacial score (nSPS) is 14.7. The Balaban J connectivity index is 1.48. The standard InChI is InChI=1S/C24H27NO5/c1-3-19(20-7-5-4-6-8-20)16-25-24(27)17(2)30-23(26)12-10-18-9-11-21-22(15-18)29-14-13-28-21/h4-12,15,17,19H,3,13-14,16H2,1-2H3,(H,25,27)/b12-10+/t17-,19+/m1/s1. The Hall–Kier alpha value is -3.28. The second kappa shape index (κ2) is 10.5. The smallest absolute Gasteiger partial charge is 0.331 e. The molecule has 30 heavy (non-hydrogen) atoms. The number of carbonyl (C=O) groups excluding carboxylic acids is 2. The molecule has 0 saturated heterocycles. The van der Waals surface area contributed by atoms with Crippen molar-refractivity contribution in [2.75, 3.05) is 19.8 Å². The Morgan fingerprint density at radius 1 is 1.10 bits per heavy atom. The molecular weight excluding hydrogens is 382 g/mol. The van der Waals surface area contributed by atoms with Crippen molar-refractivity contribution in [2.24, 2.45) is 0 Å². The molecule has 2 aromatic carbocycles. The van der Waals surface area contributed by atoms with Crippen LogP contribution in [0.1, 0.15) is 37.3 Å². The fourth-order valence-electron chi connectivity index (χ4n) is 3.19. The van der Waals surface area contributed by atoms with Gasteiger partial charge in [0.1, 0.15) is 13.2 Å². The minimum Gasteiger partial charge on any atom is -0.486 e. The lowest BCUT2D eigenvalue weighted by Gasteiger charge is -2.18. The second-order valence-electron chi connectivity index (χ2n) is 7.08. The number of hydrogen-bond donors (Lipinski definition) is 1. The van der Waals surface area contributed by atoms with Gasteiger partial charge in [0, 0.05) is 18.5 Å². The van der Waals surface area contributed by atoms with E-state index in [2.05, 4.69) is 12.2 Å². The summed E-state index contributed by atoms with van der Waals surface area (Å²) in [5.74, 6) is 0.654. The van der Waals surface area contributed by atoms with E-state index in [0.717, 1.165) is 12.0 Å². The molecule has 2 atom stereocenters. The zero-order valence-corrected chi connectivity index (χ0v) is 17.3. The Labute approximate surface area is 176 Å². The number of benzene rings is 2. The van der Waals surface area contributed by atoms with Crippen LogP contribution in [0.25, 0.3) is 6.08 Å². The highest BCUT2D eigenvalue weighted by Crippen LogP contribution is 2.31. The van der Waals surface area contributed by atoms with Crippen LogP contribution in [0.2, 0.25) is 0 Å². The largest absolute Gasteiger partial charge is 0.486 e. The number of amides is 1. The summed E-state index contributed by atoms with van der Waals surface area (Å²) < 4.78 is 16.2. The van der Waals surface area contributed by atoms with E-state index in [0.29, 0.717) is 31.3 Å². The van der Waals surface area contributed by atoms with Gasteiger partial charge in [-0.15, -0.1) is 0 Å². The molecule has 6 nitrogen and oxygen atoms in total. The molecule has 1 aliphatic rings. The molecule has 1 N–H and O–H groups in total. The van der Waals surface area contributed by atoms with Gasteiger partial charge in [-0.3, -0.25) is 4.79 Å². The Kier molecular flexibility index (Phi) is 7.49. The molecule has 3 rings (SSSR count). The van der Waals surface area contributed by atoms with Crippen molar-refractivity contribution in [1.82, 2.24) is 5.32 Å². The molecule has 1 amide bonds. The number of carbonyl (C=O) groups is 2. The predicted octanol–water partition coefficient (Wildman–Crippen LogP) is 3.71. The summed E-state index contributed by atoms with van der Waals surface area (Å²) >= 11 is 0. The van der Waals surface area contributed by atoms with E-state index in [-0.39, 0.29) is 11.8 Å². The number of fused-ring (bicyclic) bond motifs is 1. The minimum atomic E-state index is -0.879. The molecule has 0 spiro atoms. The molecule has 0 unspecified atom stereocenters. The third-order valence-electron chi connectivity index (χ3n) is 4.93. The summed E-state index contributed by atoms with van der Waals surface area (Å²) in [7, 11) is 0. The molecule has 1 aliphatic heterocycles. The number of nitrogens with one attached hydrogen (secondary N) is 1. The summed E-state index contributed by atoms with van der Waals surface area (Å²) in [5, 5.41) is 2.87. The summed E-state index contributed by atoms with van der Waals surface area (Å²) in [6.07, 6.45) is 2.94. The van der Waals surface area contributed by atoms with E-state index in [1.54, 1.807) is 25.1 Å². The molecule has 0 radical (unpaired) electrons. The van der Waals surface area contributed by atoms with Crippen LogP contribution in [0, 0.1) is 0 Å². The maximum atomic E-state index is 12.3. The number of rotatable bonds is 8. The highest BCUT2D eigenvalue weighted by Gasteiger charge is 2.18. The fraction of sp³-hybridized carbons (Fsp3) is 0.333. The maximum Gasteiger partial charge on any atom is 0.331 e. The molecule has 0 aromatic heterocycles. The second-order valence-corrected chi connectivity index (χ2v) is 7.08. The van der Waals surface area contributed by atoms with Crippen molar-refractivity contribution < 1.29 is 23.8 Å². The Morgan fingerprint density at radius 3 is 2.57 bits per heavy atom. The van der Waals surface area contributed by atoms with E-state index >= 15 is 0 Å². The van der Waals surface area contributed by atoms with Crippen LogP contribution in [-0.2, 0) is 14.3 Å². The molecule has 0 fully saturated rings. The summed E-state index contributed by atoms with van der Waals surface area (Å²) in [5.41, 5.74) is 1.95. The average molecular weight is 409 g/mol. The van der Waals surface area contributed by atoms with Crippen molar-refractivity contribution >= 4 is 18.0 Å². The lowest BCUT2D eigenvalue weighted by molar-refractivity contribution is -0.150. The quantitative estimate of drug-likeness (QED) is 0.531. The van der Waals surface area contributed by atoms with Crippen LogP contribution in [0.5, 0.6) is 11.5 Å².